The van der Waals surface area contributed by atoms with Gasteiger partial charge in [0.1, 0.15) is 0 Å². The summed E-state index contributed by atoms with van der Waals surface area (Å²) < 4.78 is 2.16. The maximum absolute atomic E-state index is 4.30. The van der Waals surface area contributed by atoms with Crippen LogP contribution in [-0.2, 0) is 19.4 Å². The molecule has 0 saturated heterocycles. The standard InChI is InChI=1S/C12H21N3/c1-3-10(4-2)9-15-12-8-6-5-7-11(12)13-14-15/h10H,3-9H2,1-2H3. The summed E-state index contributed by atoms with van der Waals surface area (Å²) in [5, 5.41) is 8.59. The van der Waals surface area contributed by atoms with Gasteiger partial charge in [-0.25, -0.2) is 4.68 Å². The van der Waals surface area contributed by atoms with Gasteiger partial charge in [0.15, 0.2) is 0 Å². The van der Waals surface area contributed by atoms with Gasteiger partial charge in [0.05, 0.1) is 11.4 Å². The van der Waals surface area contributed by atoms with Gasteiger partial charge in [0, 0.05) is 6.54 Å². The number of nitrogens with zero attached hydrogens (tertiary/aromatic N) is 3. The molecule has 3 heteroatoms. The van der Waals surface area contributed by atoms with Crippen molar-refractivity contribution < 1.29 is 0 Å². The second kappa shape index (κ2) is 4.77. The molecule has 0 bridgehead atoms. The zero-order valence-corrected chi connectivity index (χ0v) is 9.87. The van der Waals surface area contributed by atoms with Crippen LogP contribution in [0.3, 0.4) is 0 Å². The van der Waals surface area contributed by atoms with Gasteiger partial charge in [-0.2, -0.15) is 0 Å². The summed E-state index contributed by atoms with van der Waals surface area (Å²) in [6.45, 7) is 5.59. The van der Waals surface area contributed by atoms with Crippen LogP contribution in [0.5, 0.6) is 0 Å². The first kappa shape index (κ1) is 10.7. The van der Waals surface area contributed by atoms with Crippen molar-refractivity contribution in [3.63, 3.8) is 0 Å². The Balaban J connectivity index is 2.11. The second-order valence-corrected chi connectivity index (χ2v) is 4.55. The third kappa shape index (κ3) is 2.21. The summed E-state index contributed by atoms with van der Waals surface area (Å²) in [5.41, 5.74) is 2.67. The van der Waals surface area contributed by atoms with Crippen LogP contribution in [-0.4, -0.2) is 15.0 Å². The topological polar surface area (TPSA) is 30.7 Å². The van der Waals surface area contributed by atoms with Gasteiger partial charge in [-0.05, 0) is 31.6 Å². The predicted molar refractivity (Wildman–Crippen MR) is 60.7 cm³/mol. The molecule has 84 valence electrons. The highest BCUT2D eigenvalue weighted by Gasteiger charge is 2.17. The minimum Gasteiger partial charge on any atom is -0.249 e. The lowest BCUT2D eigenvalue weighted by molar-refractivity contribution is 0.381. The van der Waals surface area contributed by atoms with Crippen molar-refractivity contribution >= 4 is 0 Å². The molecule has 0 radical (unpaired) electrons. The lowest BCUT2D eigenvalue weighted by Gasteiger charge is -2.16. The molecule has 3 nitrogen and oxygen atoms in total. The van der Waals surface area contributed by atoms with Crippen molar-refractivity contribution in [1.29, 1.82) is 0 Å². The Hall–Kier alpha value is -0.860. The monoisotopic (exact) mass is 207 g/mol. The van der Waals surface area contributed by atoms with Crippen LogP contribution < -0.4 is 0 Å². The summed E-state index contributed by atoms with van der Waals surface area (Å²) >= 11 is 0. The number of fused-ring (bicyclic) bond motifs is 1. The second-order valence-electron chi connectivity index (χ2n) is 4.55. The van der Waals surface area contributed by atoms with E-state index in [9.17, 15) is 0 Å². The molecule has 0 unspecified atom stereocenters. The van der Waals surface area contributed by atoms with Gasteiger partial charge in [-0.3, -0.25) is 0 Å². The molecule has 1 heterocycles. The van der Waals surface area contributed by atoms with Crippen LogP contribution in [0.2, 0.25) is 0 Å². The van der Waals surface area contributed by atoms with Crippen molar-refractivity contribution in [3.05, 3.63) is 11.4 Å². The Morgan fingerprint density at radius 2 is 1.93 bits per heavy atom. The molecule has 1 aliphatic carbocycles. The van der Waals surface area contributed by atoms with E-state index in [1.54, 1.807) is 0 Å². The Bertz CT molecular complexity index is 313. The normalized spacial score (nSPS) is 15.7. The van der Waals surface area contributed by atoms with E-state index in [0.29, 0.717) is 0 Å². The molecular weight excluding hydrogens is 186 g/mol. The smallest absolute Gasteiger partial charge is 0.0859 e. The third-order valence-electron chi connectivity index (χ3n) is 3.58. The molecule has 0 fully saturated rings. The third-order valence-corrected chi connectivity index (χ3v) is 3.58. The number of aryl methyl sites for hydroxylation is 1. The van der Waals surface area contributed by atoms with Crippen LogP contribution >= 0.6 is 0 Å². The molecular formula is C12H21N3. The number of rotatable bonds is 4. The highest BCUT2D eigenvalue weighted by atomic mass is 15.4. The first-order valence-corrected chi connectivity index (χ1v) is 6.26. The van der Waals surface area contributed by atoms with E-state index in [4.69, 9.17) is 0 Å². The minimum atomic E-state index is 0.762. The fourth-order valence-corrected chi connectivity index (χ4v) is 2.36. The summed E-state index contributed by atoms with van der Waals surface area (Å²) in [5.74, 6) is 0.762. The van der Waals surface area contributed by atoms with E-state index in [0.717, 1.165) is 18.9 Å². The average Bonchev–Trinajstić information content (AvgIpc) is 2.69. The molecule has 0 saturated carbocycles. The van der Waals surface area contributed by atoms with E-state index in [1.807, 2.05) is 0 Å². The van der Waals surface area contributed by atoms with E-state index in [2.05, 4.69) is 28.8 Å². The van der Waals surface area contributed by atoms with Gasteiger partial charge < -0.3 is 0 Å². The Morgan fingerprint density at radius 3 is 2.67 bits per heavy atom. The van der Waals surface area contributed by atoms with Crippen LogP contribution in [0, 0.1) is 5.92 Å². The zero-order valence-electron chi connectivity index (χ0n) is 9.87. The highest BCUT2D eigenvalue weighted by Crippen LogP contribution is 2.20. The fourth-order valence-electron chi connectivity index (χ4n) is 2.36. The number of aromatic nitrogens is 3. The highest BCUT2D eigenvalue weighted by molar-refractivity contribution is 5.13. The lowest BCUT2D eigenvalue weighted by atomic mass is 10.00. The summed E-state index contributed by atoms with van der Waals surface area (Å²) in [7, 11) is 0. The van der Waals surface area contributed by atoms with Crippen molar-refractivity contribution in [1.82, 2.24) is 15.0 Å². The molecule has 0 amide bonds. The summed E-state index contributed by atoms with van der Waals surface area (Å²) in [4.78, 5) is 0. The molecule has 1 aromatic rings. The Morgan fingerprint density at radius 1 is 1.20 bits per heavy atom. The molecule has 2 rings (SSSR count). The first-order chi connectivity index (χ1) is 7.35. The van der Waals surface area contributed by atoms with Crippen molar-refractivity contribution in [2.75, 3.05) is 0 Å². The molecule has 0 spiro atoms. The van der Waals surface area contributed by atoms with Gasteiger partial charge in [0.25, 0.3) is 0 Å². The molecule has 0 N–H and O–H groups in total. The van der Waals surface area contributed by atoms with Gasteiger partial charge in [-0.15, -0.1) is 5.10 Å². The van der Waals surface area contributed by atoms with Crippen molar-refractivity contribution in [2.24, 2.45) is 5.92 Å². The maximum atomic E-state index is 4.30. The molecule has 1 aliphatic rings. The van der Waals surface area contributed by atoms with E-state index >= 15 is 0 Å². The largest absolute Gasteiger partial charge is 0.249 e. The van der Waals surface area contributed by atoms with E-state index < -0.39 is 0 Å². The SMILES string of the molecule is CCC(CC)Cn1nnc2c1CCCC2. The van der Waals surface area contributed by atoms with Crippen LogP contribution in [0.1, 0.15) is 50.9 Å². The van der Waals surface area contributed by atoms with Crippen molar-refractivity contribution in [3.8, 4) is 0 Å². The zero-order chi connectivity index (χ0) is 10.7. The Kier molecular flexibility index (Phi) is 3.39. The fraction of sp³-hybridized carbons (Fsp3) is 0.833. The average molecular weight is 207 g/mol. The minimum absolute atomic E-state index is 0.762. The quantitative estimate of drug-likeness (QED) is 0.759. The molecule has 0 aliphatic heterocycles. The summed E-state index contributed by atoms with van der Waals surface area (Å²) in [6, 6.07) is 0. The van der Waals surface area contributed by atoms with Crippen LogP contribution in [0.25, 0.3) is 0 Å². The van der Waals surface area contributed by atoms with Crippen molar-refractivity contribution in [2.45, 2.75) is 58.9 Å². The lowest BCUT2D eigenvalue weighted by Crippen LogP contribution is -2.15. The van der Waals surface area contributed by atoms with Gasteiger partial charge in [-0.1, -0.05) is 31.9 Å². The molecule has 1 aromatic heterocycles. The molecule has 0 aromatic carbocycles. The first-order valence-electron chi connectivity index (χ1n) is 6.26. The predicted octanol–water partition coefficient (Wildman–Crippen LogP) is 2.59. The summed E-state index contributed by atoms with van der Waals surface area (Å²) in [6.07, 6.45) is 7.40. The number of hydrogen-bond donors (Lipinski definition) is 0. The molecule has 0 atom stereocenters. The Labute approximate surface area is 91.9 Å². The van der Waals surface area contributed by atoms with E-state index in [1.165, 1.54) is 43.5 Å². The van der Waals surface area contributed by atoms with E-state index in [-0.39, 0.29) is 0 Å². The van der Waals surface area contributed by atoms with Crippen LogP contribution in [0.15, 0.2) is 0 Å². The molecule has 15 heavy (non-hydrogen) atoms. The van der Waals surface area contributed by atoms with Gasteiger partial charge >= 0.3 is 0 Å². The van der Waals surface area contributed by atoms with Gasteiger partial charge in [0.2, 0.25) is 0 Å². The number of hydrogen-bond acceptors (Lipinski definition) is 2. The maximum Gasteiger partial charge on any atom is 0.0859 e. The van der Waals surface area contributed by atoms with Crippen LogP contribution in [0.4, 0.5) is 0 Å².